The van der Waals surface area contributed by atoms with E-state index >= 15 is 0 Å². The van der Waals surface area contributed by atoms with E-state index < -0.39 is 30.0 Å². The third kappa shape index (κ3) is 3.85. The van der Waals surface area contributed by atoms with Crippen molar-refractivity contribution in [2.75, 3.05) is 19.7 Å². The summed E-state index contributed by atoms with van der Waals surface area (Å²) >= 11 is 4.83. The quantitative estimate of drug-likeness (QED) is 0.788. The van der Waals surface area contributed by atoms with Crippen LogP contribution in [-0.4, -0.2) is 47.8 Å². The molecule has 0 aromatic rings. The highest BCUT2D eigenvalue weighted by atomic mass is 32.1. The van der Waals surface area contributed by atoms with Gasteiger partial charge >= 0.3 is 6.18 Å². The second-order valence-corrected chi connectivity index (χ2v) is 6.06. The molecule has 0 bridgehead atoms. The van der Waals surface area contributed by atoms with E-state index in [2.05, 4.69) is 0 Å². The minimum absolute atomic E-state index is 0.0307. The van der Waals surface area contributed by atoms with Gasteiger partial charge in [0.25, 0.3) is 0 Å². The van der Waals surface area contributed by atoms with Gasteiger partial charge in [0.1, 0.15) is 11.1 Å². The number of hydrogen-bond acceptors (Lipinski definition) is 3. The fourth-order valence-corrected chi connectivity index (χ4v) is 3.22. The van der Waals surface area contributed by atoms with Crippen molar-refractivity contribution >= 4 is 23.1 Å². The van der Waals surface area contributed by atoms with Crippen LogP contribution in [0.4, 0.5) is 13.2 Å². The molecule has 2 fully saturated rings. The van der Waals surface area contributed by atoms with E-state index in [-0.39, 0.29) is 31.0 Å². The lowest BCUT2D eigenvalue weighted by Gasteiger charge is -2.38. The molecular formula is C13H19F3N2O2S. The van der Waals surface area contributed by atoms with Gasteiger partial charge in [0.2, 0.25) is 5.91 Å². The van der Waals surface area contributed by atoms with Crippen LogP contribution in [0.1, 0.15) is 25.7 Å². The summed E-state index contributed by atoms with van der Waals surface area (Å²) in [7, 11) is 0. The summed E-state index contributed by atoms with van der Waals surface area (Å²) in [5.74, 6) is -2.96. The van der Waals surface area contributed by atoms with E-state index in [1.165, 1.54) is 4.90 Å². The number of nitrogens with two attached hydrogens (primary N) is 1. The van der Waals surface area contributed by atoms with E-state index in [0.717, 1.165) is 0 Å². The number of alkyl halides is 3. The maximum absolute atomic E-state index is 13.1. The van der Waals surface area contributed by atoms with Gasteiger partial charge < -0.3 is 15.4 Å². The minimum atomic E-state index is -4.32. The Morgan fingerprint density at radius 1 is 1.29 bits per heavy atom. The third-order valence-corrected chi connectivity index (χ3v) is 4.46. The summed E-state index contributed by atoms with van der Waals surface area (Å²) in [6.07, 6.45) is -3.39. The summed E-state index contributed by atoms with van der Waals surface area (Å²) < 4.78 is 44.6. The molecule has 3 atom stereocenters. The molecule has 1 heterocycles. The molecule has 1 saturated carbocycles. The predicted octanol–water partition coefficient (Wildman–Crippen LogP) is 1.87. The van der Waals surface area contributed by atoms with Gasteiger partial charge in [-0.25, -0.2) is 0 Å². The summed E-state index contributed by atoms with van der Waals surface area (Å²) in [5.41, 5.74) is 5.49. The summed E-state index contributed by atoms with van der Waals surface area (Å²) in [6, 6.07) is 0. The molecule has 2 N–H and O–H groups in total. The number of nitrogens with zero attached hydrogens (tertiary/aromatic N) is 1. The molecule has 0 radical (unpaired) electrons. The maximum Gasteiger partial charge on any atom is 0.392 e. The Labute approximate surface area is 126 Å². The van der Waals surface area contributed by atoms with Gasteiger partial charge in [0, 0.05) is 12.5 Å². The minimum Gasteiger partial charge on any atom is -0.391 e. The first kappa shape index (κ1) is 16.5. The Bertz CT molecular complexity index is 417. The summed E-state index contributed by atoms with van der Waals surface area (Å²) in [6.45, 7) is 0.686. The molecule has 1 amide bonds. The second kappa shape index (κ2) is 6.48. The number of carbonyl (C=O) groups excluding carboxylic acids is 1. The molecule has 3 unspecified atom stereocenters. The van der Waals surface area contributed by atoms with Crippen molar-refractivity contribution in [3.05, 3.63) is 0 Å². The molecule has 0 spiro atoms. The van der Waals surface area contributed by atoms with Gasteiger partial charge in [0.15, 0.2) is 0 Å². The van der Waals surface area contributed by atoms with Crippen LogP contribution in [0.5, 0.6) is 0 Å². The van der Waals surface area contributed by atoms with Crippen molar-refractivity contribution in [2.45, 2.75) is 38.0 Å². The molecule has 120 valence electrons. The van der Waals surface area contributed by atoms with Crippen LogP contribution in [0.2, 0.25) is 0 Å². The molecule has 1 aliphatic heterocycles. The van der Waals surface area contributed by atoms with Crippen LogP contribution in [-0.2, 0) is 9.53 Å². The van der Waals surface area contributed by atoms with Crippen LogP contribution in [0, 0.1) is 11.8 Å². The van der Waals surface area contributed by atoms with Crippen LogP contribution in [0.25, 0.3) is 0 Å². The Hall–Kier alpha value is -0.890. The Morgan fingerprint density at radius 3 is 2.57 bits per heavy atom. The van der Waals surface area contributed by atoms with Gasteiger partial charge in [-0.15, -0.1) is 0 Å². The number of amides is 1. The van der Waals surface area contributed by atoms with Gasteiger partial charge in [-0.1, -0.05) is 25.1 Å². The zero-order chi connectivity index (χ0) is 15.6. The molecule has 2 aliphatic rings. The fourth-order valence-electron chi connectivity index (χ4n) is 3.07. The lowest BCUT2D eigenvalue weighted by molar-refractivity contribution is -0.201. The van der Waals surface area contributed by atoms with Crippen LogP contribution >= 0.6 is 12.2 Å². The highest BCUT2D eigenvalue weighted by Gasteiger charge is 2.49. The van der Waals surface area contributed by atoms with Crippen molar-refractivity contribution in [1.29, 1.82) is 0 Å². The van der Waals surface area contributed by atoms with E-state index in [9.17, 15) is 18.0 Å². The SMILES string of the molecule is NC(=S)C1CN(C(=O)C2CCCCC2C(F)(F)F)CCO1. The lowest BCUT2D eigenvalue weighted by Crippen LogP contribution is -2.53. The first-order valence-corrected chi connectivity index (χ1v) is 7.48. The largest absolute Gasteiger partial charge is 0.392 e. The fraction of sp³-hybridized carbons (Fsp3) is 0.846. The maximum atomic E-state index is 13.1. The number of rotatable bonds is 2. The monoisotopic (exact) mass is 324 g/mol. The molecule has 2 rings (SSSR count). The van der Waals surface area contributed by atoms with Crippen LogP contribution < -0.4 is 5.73 Å². The van der Waals surface area contributed by atoms with Gasteiger partial charge in [-0.05, 0) is 12.8 Å². The molecule has 0 aromatic carbocycles. The first-order chi connectivity index (χ1) is 9.80. The van der Waals surface area contributed by atoms with E-state index in [4.69, 9.17) is 22.7 Å². The highest BCUT2D eigenvalue weighted by molar-refractivity contribution is 7.80. The molecule has 0 aromatic heterocycles. The smallest absolute Gasteiger partial charge is 0.391 e. The van der Waals surface area contributed by atoms with Crippen molar-refractivity contribution in [2.24, 2.45) is 17.6 Å². The number of thiocarbonyl (C=S) groups is 1. The standard InChI is InChI=1S/C13H19F3N2O2S/c14-13(15,16)9-4-2-1-3-8(9)12(19)18-5-6-20-10(7-18)11(17)21/h8-10H,1-7H2,(H2,17,21). The zero-order valence-electron chi connectivity index (χ0n) is 11.6. The van der Waals surface area contributed by atoms with Gasteiger partial charge in [-0.2, -0.15) is 13.2 Å². The molecule has 4 nitrogen and oxygen atoms in total. The molecule has 8 heteroatoms. The Balaban J connectivity index is 2.08. The van der Waals surface area contributed by atoms with Gasteiger partial charge in [0.05, 0.1) is 19.1 Å². The molecular weight excluding hydrogens is 305 g/mol. The van der Waals surface area contributed by atoms with Crippen molar-refractivity contribution < 1.29 is 22.7 Å². The van der Waals surface area contributed by atoms with Crippen LogP contribution in [0.15, 0.2) is 0 Å². The average Bonchev–Trinajstić information content (AvgIpc) is 2.45. The number of hydrogen-bond donors (Lipinski definition) is 1. The number of carbonyl (C=O) groups is 1. The molecule has 21 heavy (non-hydrogen) atoms. The molecule has 1 aliphatic carbocycles. The van der Waals surface area contributed by atoms with Gasteiger partial charge in [-0.3, -0.25) is 4.79 Å². The predicted molar refractivity (Wildman–Crippen MR) is 74.6 cm³/mol. The number of halogens is 3. The average molecular weight is 324 g/mol. The zero-order valence-corrected chi connectivity index (χ0v) is 12.4. The van der Waals surface area contributed by atoms with Crippen LogP contribution in [0.3, 0.4) is 0 Å². The topological polar surface area (TPSA) is 55.6 Å². The highest BCUT2D eigenvalue weighted by Crippen LogP contribution is 2.42. The van der Waals surface area contributed by atoms with Crippen molar-refractivity contribution in [3.63, 3.8) is 0 Å². The first-order valence-electron chi connectivity index (χ1n) is 7.07. The summed E-state index contributed by atoms with van der Waals surface area (Å²) in [4.78, 5) is 14.0. The second-order valence-electron chi connectivity index (χ2n) is 5.59. The Kier molecular flexibility index (Phi) is 5.08. The number of ether oxygens (including phenoxy) is 1. The van der Waals surface area contributed by atoms with Crippen molar-refractivity contribution in [3.8, 4) is 0 Å². The van der Waals surface area contributed by atoms with E-state index in [1.54, 1.807) is 0 Å². The third-order valence-electron chi connectivity index (χ3n) is 4.20. The Morgan fingerprint density at radius 2 is 1.95 bits per heavy atom. The van der Waals surface area contributed by atoms with Crippen molar-refractivity contribution in [1.82, 2.24) is 4.90 Å². The van der Waals surface area contributed by atoms with E-state index in [0.29, 0.717) is 19.4 Å². The number of morpholine rings is 1. The summed E-state index contributed by atoms with van der Waals surface area (Å²) in [5, 5.41) is 0. The van der Waals surface area contributed by atoms with E-state index in [1.807, 2.05) is 0 Å². The normalized spacial score (nSPS) is 31.0. The molecule has 1 saturated heterocycles. The lowest BCUT2D eigenvalue weighted by atomic mass is 9.78.